The fourth-order valence-electron chi connectivity index (χ4n) is 7.92. The van der Waals surface area contributed by atoms with Gasteiger partial charge in [0.2, 0.25) is 0 Å². The highest BCUT2D eigenvalue weighted by atomic mass is 15.1. The van der Waals surface area contributed by atoms with Gasteiger partial charge in [0.1, 0.15) is 5.82 Å². The maximum absolute atomic E-state index is 5.24. The molecule has 0 saturated heterocycles. The summed E-state index contributed by atoms with van der Waals surface area (Å²) in [5.41, 5.74) is 13.1. The van der Waals surface area contributed by atoms with Gasteiger partial charge in [-0.05, 0) is 75.2 Å². The van der Waals surface area contributed by atoms with E-state index in [9.17, 15) is 0 Å². The Kier molecular flexibility index (Phi) is 6.95. The molecular formula is C48H33N3. The Balaban J connectivity index is 1.21. The van der Waals surface area contributed by atoms with Crippen LogP contribution in [0.25, 0.3) is 89.4 Å². The zero-order valence-electron chi connectivity index (χ0n) is 28.0. The average molecular weight is 652 g/mol. The Labute approximate surface area is 296 Å². The van der Waals surface area contributed by atoms with Crippen molar-refractivity contribution in [2.75, 3.05) is 0 Å². The van der Waals surface area contributed by atoms with E-state index >= 15 is 0 Å². The molecule has 0 bridgehead atoms. The highest BCUT2D eigenvalue weighted by Gasteiger charge is 2.20. The summed E-state index contributed by atoms with van der Waals surface area (Å²) in [7, 11) is 0. The van der Waals surface area contributed by atoms with Crippen molar-refractivity contribution in [1.82, 2.24) is 14.5 Å². The molecule has 0 unspecified atom stereocenters. The molecule has 1 aliphatic rings. The third kappa shape index (κ3) is 4.97. The van der Waals surface area contributed by atoms with E-state index in [-0.39, 0.29) is 0 Å². The lowest BCUT2D eigenvalue weighted by Gasteiger charge is -2.20. The summed E-state index contributed by atoms with van der Waals surface area (Å²) in [6.45, 7) is 0. The summed E-state index contributed by atoms with van der Waals surface area (Å²) in [5, 5.41) is 4.91. The van der Waals surface area contributed by atoms with Gasteiger partial charge in [0.05, 0.1) is 16.7 Å². The summed E-state index contributed by atoms with van der Waals surface area (Å²) in [6.07, 6.45) is 6.73. The normalized spacial score (nSPS) is 12.5. The van der Waals surface area contributed by atoms with Gasteiger partial charge in [0.15, 0.2) is 5.82 Å². The van der Waals surface area contributed by atoms with Crippen molar-refractivity contribution in [3.63, 3.8) is 0 Å². The van der Waals surface area contributed by atoms with Crippen LogP contribution in [0.15, 0.2) is 170 Å². The molecule has 0 radical (unpaired) electrons. The van der Waals surface area contributed by atoms with E-state index < -0.39 is 0 Å². The maximum atomic E-state index is 5.24. The van der Waals surface area contributed by atoms with Gasteiger partial charge in [-0.2, -0.15) is 0 Å². The number of fused-ring (bicyclic) bond motifs is 6. The topological polar surface area (TPSA) is 30.7 Å². The van der Waals surface area contributed by atoms with Crippen molar-refractivity contribution in [1.29, 1.82) is 0 Å². The monoisotopic (exact) mass is 651 g/mol. The van der Waals surface area contributed by atoms with E-state index in [0.29, 0.717) is 5.82 Å². The minimum atomic E-state index is 0.707. The predicted octanol–water partition coefficient (Wildman–Crippen LogP) is 12.4. The Morgan fingerprint density at radius 2 is 1.18 bits per heavy atom. The summed E-state index contributed by atoms with van der Waals surface area (Å²) >= 11 is 0. The fourth-order valence-corrected chi connectivity index (χ4v) is 7.92. The molecule has 2 heterocycles. The molecular weight excluding hydrogens is 619 g/mol. The number of allylic oxidation sites excluding steroid dienone is 1. The quantitative estimate of drug-likeness (QED) is 0.185. The van der Waals surface area contributed by atoms with Gasteiger partial charge >= 0.3 is 0 Å². The van der Waals surface area contributed by atoms with Crippen LogP contribution in [0.5, 0.6) is 0 Å². The Hall–Kier alpha value is -6.58. The first kappa shape index (κ1) is 29.3. The molecule has 51 heavy (non-hydrogen) atoms. The molecule has 0 atom stereocenters. The van der Waals surface area contributed by atoms with Crippen LogP contribution in [0.2, 0.25) is 0 Å². The van der Waals surface area contributed by atoms with Crippen molar-refractivity contribution >= 4 is 38.7 Å². The molecule has 3 nitrogen and oxygen atoms in total. The van der Waals surface area contributed by atoms with Crippen LogP contribution in [-0.2, 0) is 6.42 Å². The van der Waals surface area contributed by atoms with Crippen molar-refractivity contribution in [2.45, 2.75) is 12.8 Å². The third-order valence-corrected chi connectivity index (χ3v) is 10.3. The van der Waals surface area contributed by atoms with Gasteiger partial charge in [-0.1, -0.05) is 152 Å². The lowest BCUT2D eigenvalue weighted by molar-refractivity contribution is 0.989. The standard InChI is InChI=1S/C48H33N3/c1-4-14-32(15-5-1)37-27-28-38(40-21-11-10-20-39(37)40)36-25-24-33-26-29-45-47(42(33)30-36)41-22-12-13-23-44(41)51(45)46-31-43(34-16-6-2-7-17-34)49-48(50-46)35-18-8-3-9-19-35/h1-10,12-20,22-31H,11,21H2. The van der Waals surface area contributed by atoms with E-state index in [0.717, 1.165) is 46.5 Å². The second-order valence-electron chi connectivity index (χ2n) is 13.3. The first-order valence-corrected chi connectivity index (χ1v) is 17.6. The highest BCUT2D eigenvalue weighted by molar-refractivity contribution is 6.21. The van der Waals surface area contributed by atoms with E-state index in [1.165, 1.54) is 54.9 Å². The summed E-state index contributed by atoms with van der Waals surface area (Å²) in [6, 6.07) is 58.4. The van der Waals surface area contributed by atoms with Crippen molar-refractivity contribution < 1.29 is 0 Å². The lowest BCUT2D eigenvalue weighted by Crippen LogP contribution is -2.02. The molecule has 0 spiro atoms. The SMILES string of the molecule is C1=Cc2c(-c3ccccc3)ccc(-c3ccc4ccc5c(c4c3)c3ccccc3n5-c3cc(-c4ccccc4)nc(-c4ccccc4)n3)c2CC1. The number of aromatic nitrogens is 3. The molecule has 9 aromatic rings. The van der Waals surface area contributed by atoms with E-state index in [1.54, 1.807) is 0 Å². The fraction of sp³-hybridized carbons (Fsp3) is 0.0417. The Morgan fingerprint density at radius 3 is 1.98 bits per heavy atom. The molecule has 1 aliphatic carbocycles. The smallest absolute Gasteiger partial charge is 0.162 e. The molecule has 0 N–H and O–H groups in total. The third-order valence-electron chi connectivity index (χ3n) is 10.3. The van der Waals surface area contributed by atoms with Crippen LogP contribution in [0, 0.1) is 0 Å². The highest BCUT2D eigenvalue weighted by Crippen LogP contribution is 2.41. The van der Waals surface area contributed by atoms with Gasteiger partial charge in [-0.3, -0.25) is 4.57 Å². The molecule has 2 aromatic heterocycles. The van der Waals surface area contributed by atoms with Crippen molar-refractivity contribution in [2.24, 2.45) is 0 Å². The van der Waals surface area contributed by atoms with E-state index in [1.807, 2.05) is 24.3 Å². The van der Waals surface area contributed by atoms with Crippen LogP contribution in [0.1, 0.15) is 17.5 Å². The summed E-state index contributed by atoms with van der Waals surface area (Å²) < 4.78 is 2.32. The second kappa shape index (κ2) is 12.1. The van der Waals surface area contributed by atoms with Gasteiger partial charge in [-0.15, -0.1) is 0 Å². The van der Waals surface area contributed by atoms with E-state index in [2.05, 4.69) is 156 Å². The van der Waals surface area contributed by atoms with Crippen LogP contribution in [0.3, 0.4) is 0 Å². The van der Waals surface area contributed by atoms with Crippen molar-refractivity contribution in [3.8, 4) is 50.7 Å². The van der Waals surface area contributed by atoms with Gasteiger partial charge < -0.3 is 0 Å². The molecule has 10 rings (SSSR count). The number of benzene rings is 7. The van der Waals surface area contributed by atoms with Crippen LogP contribution in [0.4, 0.5) is 0 Å². The number of hydrogen-bond acceptors (Lipinski definition) is 2. The number of hydrogen-bond donors (Lipinski definition) is 0. The molecule has 0 fully saturated rings. The molecule has 0 amide bonds. The Morgan fingerprint density at radius 1 is 0.490 bits per heavy atom. The molecule has 240 valence electrons. The van der Waals surface area contributed by atoms with Gasteiger partial charge in [0.25, 0.3) is 0 Å². The number of nitrogens with zero attached hydrogens (tertiary/aromatic N) is 3. The van der Waals surface area contributed by atoms with Gasteiger partial charge in [-0.25, -0.2) is 9.97 Å². The zero-order chi connectivity index (χ0) is 33.7. The van der Waals surface area contributed by atoms with Crippen LogP contribution < -0.4 is 0 Å². The Bertz CT molecular complexity index is 2720. The predicted molar refractivity (Wildman–Crippen MR) is 213 cm³/mol. The van der Waals surface area contributed by atoms with E-state index in [4.69, 9.17) is 9.97 Å². The second-order valence-corrected chi connectivity index (χ2v) is 13.3. The largest absolute Gasteiger partial charge is 0.294 e. The summed E-state index contributed by atoms with van der Waals surface area (Å²) in [5.74, 6) is 1.56. The average Bonchev–Trinajstić information content (AvgIpc) is 3.56. The van der Waals surface area contributed by atoms with Crippen molar-refractivity contribution in [3.05, 3.63) is 181 Å². The number of rotatable bonds is 5. The first-order valence-electron chi connectivity index (χ1n) is 17.6. The van der Waals surface area contributed by atoms with Crippen LogP contribution >= 0.6 is 0 Å². The molecule has 3 heteroatoms. The minimum absolute atomic E-state index is 0.707. The first-order chi connectivity index (χ1) is 25.3. The van der Waals surface area contributed by atoms with Crippen LogP contribution in [-0.4, -0.2) is 14.5 Å². The van der Waals surface area contributed by atoms with Gasteiger partial charge in [0, 0.05) is 28.0 Å². The maximum Gasteiger partial charge on any atom is 0.162 e. The minimum Gasteiger partial charge on any atom is -0.294 e. The molecule has 0 aliphatic heterocycles. The zero-order valence-corrected chi connectivity index (χ0v) is 28.0. The molecule has 0 saturated carbocycles. The lowest BCUT2D eigenvalue weighted by atomic mass is 9.84. The summed E-state index contributed by atoms with van der Waals surface area (Å²) in [4.78, 5) is 10.3. The number of para-hydroxylation sites is 1. The molecule has 7 aromatic carbocycles.